The molecular weight excluding hydrogens is 459 g/mol. The highest BCUT2D eigenvalue weighted by Crippen LogP contribution is 2.26. The number of rotatable bonds is 7. The molecule has 1 aliphatic rings. The van der Waals surface area contributed by atoms with E-state index in [1.54, 1.807) is 23.1 Å². The average molecular weight is 485 g/mol. The predicted octanol–water partition coefficient (Wildman–Crippen LogP) is 4.28. The number of piperazine rings is 1. The molecule has 2 heterocycles. The number of nitrogens with one attached hydrogen (secondary N) is 1. The number of hydrogen-bond acceptors (Lipinski definition) is 6. The SMILES string of the molecule is Cc1csc(SCc2ccc(C(=O)N3CCN(CC(=O)Nc4ccc(F)cc4)CC3)cc2)n1. The van der Waals surface area contributed by atoms with Gasteiger partial charge in [-0.05, 0) is 48.9 Å². The van der Waals surface area contributed by atoms with Crippen molar-refractivity contribution in [2.24, 2.45) is 0 Å². The Balaban J connectivity index is 1.22. The lowest BCUT2D eigenvalue weighted by Gasteiger charge is -2.34. The second kappa shape index (κ2) is 10.9. The van der Waals surface area contributed by atoms with Crippen LogP contribution in [0.1, 0.15) is 21.6 Å². The quantitative estimate of drug-likeness (QED) is 0.507. The maximum Gasteiger partial charge on any atom is 0.253 e. The molecule has 1 N–H and O–H groups in total. The third-order valence-corrected chi connectivity index (χ3v) is 7.53. The van der Waals surface area contributed by atoms with E-state index in [4.69, 9.17) is 0 Å². The van der Waals surface area contributed by atoms with Gasteiger partial charge in [0.05, 0.1) is 6.54 Å². The van der Waals surface area contributed by atoms with Gasteiger partial charge in [0.2, 0.25) is 5.91 Å². The fourth-order valence-electron chi connectivity index (χ4n) is 3.52. The van der Waals surface area contributed by atoms with Crippen molar-refractivity contribution in [1.82, 2.24) is 14.8 Å². The second-order valence-electron chi connectivity index (χ2n) is 7.86. The monoisotopic (exact) mass is 484 g/mol. The van der Waals surface area contributed by atoms with Gasteiger partial charge in [-0.15, -0.1) is 11.3 Å². The smallest absolute Gasteiger partial charge is 0.253 e. The number of amides is 2. The van der Waals surface area contributed by atoms with Crippen molar-refractivity contribution < 1.29 is 14.0 Å². The molecule has 9 heteroatoms. The van der Waals surface area contributed by atoms with Crippen molar-refractivity contribution in [1.29, 1.82) is 0 Å². The molecule has 172 valence electrons. The number of thiazole rings is 1. The van der Waals surface area contributed by atoms with Gasteiger partial charge < -0.3 is 10.2 Å². The topological polar surface area (TPSA) is 65.5 Å². The Hall–Kier alpha value is -2.75. The van der Waals surface area contributed by atoms with E-state index in [1.807, 2.05) is 46.4 Å². The van der Waals surface area contributed by atoms with Crippen molar-refractivity contribution >= 4 is 40.6 Å². The van der Waals surface area contributed by atoms with Gasteiger partial charge in [-0.1, -0.05) is 23.9 Å². The maximum atomic E-state index is 13.0. The van der Waals surface area contributed by atoms with E-state index in [9.17, 15) is 14.0 Å². The third-order valence-electron chi connectivity index (χ3n) is 5.32. The van der Waals surface area contributed by atoms with Gasteiger partial charge in [0.1, 0.15) is 10.2 Å². The molecule has 0 saturated carbocycles. The zero-order valence-electron chi connectivity index (χ0n) is 18.3. The molecule has 6 nitrogen and oxygen atoms in total. The molecular formula is C24H25FN4O2S2. The van der Waals surface area contributed by atoms with Crippen LogP contribution in [0.5, 0.6) is 0 Å². The molecule has 1 saturated heterocycles. The van der Waals surface area contributed by atoms with Gasteiger partial charge in [-0.2, -0.15) is 0 Å². The molecule has 3 aromatic rings. The summed E-state index contributed by atoms with van der Waals surface area (Å²) >= 11 is 3.35. The molecule has 0 bridgehead atoms. The predicted molar refractivity (Wildman–Crippen MR) is 130 cm³/mol. The zero-order chi connectivity index (χ0) is 23.2. The Labute approximate surface area is 200 Å². The number of halogens is 1. The Bertz CT molecular complexity index is 1090. The number of benzene rings is 2. The summed E-state index contributed by atoms with van der Waals surface area (Å²) in [6.07, 6.45) is 0. The zero-order valence-corrected chi connectivity index (χ0v) is 19.9. The first-order valence-electron chi connectivity index (χ1n) is 10.7. The van der Waals surface area contributed by atoms with Crippen LogP contribution >= 0.6 is 23.1 Å². The van der Waals surface area contributed by atoms with E-state index in [0.29, 0.717) is 37.4 Å². The molecule has 0 unspecified atom stereocenters. The number of carbonyl (C=O) groups excluding carboxylic acids is 2. The third kappa shape index (κ3) is 6.63. The van der Waals surface area contributed by atoms with Crippen LogP contribution in [0, 0.1) is 12.7 Å². The van der Waals surface area contributed by atoms with Gasteiger partial charge in [0.15, 0.2) is 0 Å². The van der Waals surface area contributed by atoms with Crippen molar-refractivity contribution in [3.63, 3.8) is 0 Å². The van der Waals surface area contributed by atoms with Crippen molar-refractivity contribution in [2.75, 3.05) is 38.0 Å². The van der Waals surface area contributed by atoms with Crippen LogP contribution in [-0.4, -0.2) is 59.3 Å². The molecule has 0 aliphatic carbocycles. The summed E-state index contributed by atoms with van der Waals surface area (Å²) in [7, 11) is 0. The fraction of sp³-hybridized carbons (Fsp3) is 0.292. The number of nitrogens with zero attached hydrogens (tertiary/aromatic N) is 3. The van der Waals surface area contributed by atoms with E-state index >= 15 is 0 Å². The highest BCUT2D eigenvalue weighted by Gasteiger charge is 2.23. The number of carbonyl (C=O) groups is 2. The summed E-state index contributed by atoms with van der Waals surface area (Å²) in [5.41, 5.74) is 3.44. The Morgan fingerprint density at radius 3 is 2.39 bits per heavy atom. The summed E-state index contributed by atoms with van der Waals surface area (Å²) in [5.74, 6) is 0.344. The lowest BCUT2D eigenvalue weighted by atomic mass is 10.1. The van der Waals surface area contributed by atoms with Crippen LogP contribution in [0.25, 0.3) is 0 Å². The molecule has 33 heavy (non-hydrogen) atoms. The minimum Gasteiger partial charge on any atom is -0.336 e. The van der Waals surface area contributed by atoms with Gasteiger partial charge in [0, 0.05) is 54.3 Å². The number of anilines is 1. The van der Waals surface area contributed by atoms with Crippen LogP contribution < -0.4 is 5.32 Å². The summed E-state index contributed by atoms with van der Waals surface area (Å²) < 4.78 is 14.0. The van der Waals surface area contributed by atoms with Crippen molar-refractivity contribution in [3.8, 4) is 0 Å². The Morgan fingerprint density at radius 1 is 1.06 bits per heavy atom. The first-order valence-corrected chi connectivity index (χ1v) is 12.5. The number of aromatic nitrogens is 1. The maximum absolute atomic E-state index is 13.0. The Morgan fingerprint density at radius 2 is 1.76 bits per heavy atom. The van der Waals surface area contributed by atoms with Crippen LogP contribution in [0.2, 0.25) is 0 Å². The van der Waals surface area contributed by atoms with Crippen molar-refractivity contribution in [2.45, 2.75) is 17.0 Å². The first kappa shape index (κ1) is 23.4. The van der Waals surface area contributed by atoms with Crippen LogP contribution in [0.4, 0.5) is 10.1 Å². The van der Waals surface area contributed by atoms with Gasteiger partial charge in [-0.3, -0.25) is 14.5 Å². The van der Waals surface area contributed by atoms with E-state index in [1.165, 1.54) is 24.3 Å². The van der Waals surface area contributed by atoms with Crippen LogP contribution in [0.15, 0.2) is 58.3 Å². The van der Waals surface area contributed by atoms with Gasteiger partial charge >= 0.3 is 0 Å². The molecule has 4 rings (SSSR count). The molecule has 0 spiro atoms. The summed E-state index contributed by atoms with van der Waals surface area (Å²) in [6.45, 7) is 4.64. The number of thioether (sulfide) groups is 1. The Kier molecular flexibility index (Phi) is 7.74. The summed E-state index contributed by atoms with van der Waals surface area (Å²) in [4.78, 5) is 33.4. The van der Waals surface area contributed by atoms with Gasteiger partial charge in [-0.25, -0.2) is 9.37 Å². The molecule has 1 aromatic heterocycles. The standard InChI is InChI=1S/C24H25FN4O2S2/c1-17-15-32-24(26-17)33-16-18-2-4-19(5-3-18)23(31)29-12-10-28(11-13-29)14-22(30)27-21-8-6-20(25)7-9-21/h2-9,15H,10-14,16H2,1H3,(H,27,30). The van der Waals surface area contributed by atoms with Crippen LogP contribution in [-0.2, 0) is 10.5 Å². The normalized spacial score (nSPS) is 14.3. The second-order valence-corrected chi connectivity index (χ2v) is 9.94. The van der Waals surface area contributed by atoms with E-state index in [0.717, 1.165) is 21.3 Å². The number of aryl methyl sites for hydroxylation is 1. The molecule has 0 atom stereocenters. The fourth-order valence-corrected chi connectivity index (χ4v) is 5.32. The molecule has 1 fully saturated rings. The highest BCUT2D eigenvalue weighted by molar-refractivity contribution is 8.00. The van der Waals surface area contributed by atoms with Crippen molar-refractivity contribution in [3.05, 3.63) is 76.5 Å². The molecule has 0 radical (unpaired) electrons. The first-order chi connectivity index (χ1) is 16.0. The summed E-state index contributed by atoms with van der Waals surface area (Å²) in [5, 5.41) is 4.81. The lowest BCUT2D eigenvalue weighted by molar-refractivity contribution is -0.117. The average Bonchev–Trinajstić information content (AvgIpc) is 3.24. The summed E-state index contributed by atoms with van der Waals surface area (Å²) in [6, 6.07) is 13.5. The minimum absolute atomic E-state index is 0.0140. The largest absolute Gasteiger partial charge is 0.336 e. The minimum atomic E-state index is -0.340. The van der Waals surface area contributed by atoms with E-state index in [2.05, 4.69) is 10.3 Å². The highest BCUT2D eigenvalue weighted by atomic mass is 32.2. The van der Waals surface area contributed by atoms with Crippen LogP contribution in [0.3, 0.4) is 0 Å². The molecule has 2 amide bonds. The van der Waals surface area contributed by atoms with E-state index in [-0.39, 0.29) is 24.2 Å². The van der Waals surface area contributed by atoms with Gasteiger partial charge in [0.25, 0.3) is 5.91 Å². The lowest BCUT2D eigenvalue weighted by Crippen LogP contribution is -2.50. The number of hydrogen-bond donors (Lipinski definition) is 1. The van der Waals surface area contributed by atoms with E-state index < -0.39 is 0 Å². The molecule has 2 aromatic carbocycles. The molecule has 1 aliphatic heterocycles.